The van der Waals surface area contributed by atoms with Crippen molar-refractivity contribution in [1.82, 2.24) is 10.3 Å². The minimum atomic E-state index is -0.639. The van der Waals surface area contributed by atoms with E-state index in [1.54, 1.807) is 12.3 Å². The van der Waals surface area contributed by atoms with E-state index in [-0.39, 0.29) is 37.7 Å². The maximum absolute atomic E-state index is 13.1. The van der Waals surface area contributed by atoms with Crippen LogP contribution in [0.1, 0.15) is 40.4 Å². The van der Waals surface area contributed by atoms with Crippen LogP contribution >= 0.6 is 23.7 Å². The zero-order chi connectivity index (χ0) is 17.5. The van der Waals surface area contributed by atoms with Crippen LogP contribution in [0.3, 0.4) is 0 Å². The number of halogens is 2. The van der Waals surface area contributed by atoms with Crippen LogP contribution in [-0.4, -0.2) is 23.5 Å². The molecule has 6 nitrogen and oxygen atoms in total. The van der Waals surface area contributed by atoms with Gasteiger partial charge in [-0.3, -0.25) is 9.59 Å². The zero-order valence-electron chi connectivity index (χ0n) is 13.5. The molecular formula is C16H19ClFN3O3S. The van der Waals surface area contributed by atoms with Crippen LogP contribution in [0.25, 0.3) is 0 Å². The van der Waals surface area contributed by atoms with Gasteiger partial charge in [-0.2, -0.15) is 0 Å². The fraction of sp³-hybridized carbons (Fsp3) is 0.312. The average Bonchev–Trinajstić information content (AvgIpc) is 3.04. The number of esters is 1. The first-order chi connectivity index (χ1) is 11.5. The Morgan fingerprint density at radius 2 is 2.04 bits per heavy atom. The number of benzene rings is 1. The van der Waals surface area contributed by atoms with E-state index in [1.165, 1.54) is 35.6 Å². The zero-order valence-corrected chi connectivity index (χ0v) is 15.2. The van der Waals surface area contributed by atoms with E-state index in [2.05, 4.69) is 10.3 Å². The predicted octanol–water partition coefficient (Wildman–Crippen LogP) is 2.59. The summed E-state index contributed by atoms with van der Waals surface area (Å²) in [7, 11) is 0. The molecule has 9 heteroatoms. The lowest BCUT2D eigenvalue weighted by molar-refractivity contribution is -0.143. The molecule has 0 aliphatic heterocycles. The molecule has 0 aliphatic rings. The first-order valence-electron chi connectivity index (χ1n) is 7.40. The number of nitrogens with zero attached hydrogens (tertiary/aromatic N) is 1. The quantitative estimate of drug-likeness (QED) is 0.712. The van der Waals surface area contributed by atoms with Crippen LogP contribution in [0.15, 0.2) is 29.6 Å². The van der Waals surface area contributed by atoms with E-state index in [0.29, 0.717) is 10.6 Å². The van der Waals surface area contributed by atoms with Crippen LogP contribution in [0.5, 0.6) is 0 Å². The van der Waals surface area contributed by atoms with Crippen molar-refractivity contribution in [2.45, 2.75) is 25.9 Å². The lowest BCUT2D eigenvalue weighted by Crippen LogP contribution is -2.31. The number of nitrogens with one attached hydrogen (secondary N) is 1. The Hall–Kier alpha value is -2.03. The van der Waals surface area contributed by atoms with Gasteiger partial charge in [-0.05, 0) is 24.6 Å². The molecule has 2 rings (SSSR count). The van der Waals surface area contributed by atoms with Crippen LogP contribution in [0.4, 0.5) is 4.39 Å². The van der Waals surface area contributed by atoms with Gasteiger partial charge in [-0.1, -0.05) is 12.1 Å². The van der Waals surface area contributed by atoms with Crippen molar-refractivity contribution in [3.05, 3.63) is 51.7 Å². The van der Waals surface area contributed by atoms with Crippen molar-refractivity contribution in [3.63, 3.8) is 0 Å². The standard InChI is InChI=1S/C16H18FN3O3S.ClH/c1-2-23-15(21)7-12(10-3-5-11(17)6-4-10)20-16(22)13-9-24-14(8-18)19-13;/h3-6,9,12H,2,7-8,18H2,1H3,(H,20,22);1H. The van der Waals surface area contributed by atoms with Gasteiger partial charge in [0.1, 0.15) is 16.5 Å². The van der Waals surface area contributed by atoms with Gasteiger partial charge in [0, 0.05) is 11.9 Å². The van der Waals surface area contributed by atoms with Crippen molar-refractivity contribution in [2.24, 2.45) is 5.73 Å². The summed E-state index contributed by atoms with van der Waals surface area (Å²) in [5, 5.41) is 4.98. The van der Waals surface area contributed by atoms with Gasteiger partial charge >= 0.3 is 5.97 Å². The lowest BCUT2D eigenvalue weighted by Gasteiger charge is -2.18. The van der Waals surface area contributed by atoms with E-state index in [9.17, 15) is 14.0 Å². The van der Waals surface area contributed by atoms with Gasteiger partial charge in [-0.15, -0.1) is 23.7 Å². The Morgan fingerprint density at radius 3 is 2.60 bits per heavy atom. The number of carbonyl (C=O) groups is 2. The van der Waals surface area contributed by atoms with Crippen LogP contribution in [-0.2, 0) is 16.1 Å². The molecule has 0 radical (unpaired) electrons. The van der Waals surface area contributed by atoms with E-state index in [4.69, 9.17) is 10.5 Å². The van der Waals surface area contributed by atoms with Crippen molar-refractivity contribution < 1.29 is 18.7 Å². The number of hydrogen-bond donors (Lipinski definition) is 2. The second-order valence-corrected chi connectivity index (χ2v) is 5.86. The largest absolute Gasteiger partial charge is 0.466 e. The highest BCUT2D eigenvalue weighted by atomic mass is 35.5. The molecule has 1 atom stereocenters. The highest BCUT2D eigenvalue weighted by Gasteiger charge is 2.21. The minimum Gasteiger partial charge on any atom is -0.466 e. The number of ether oxygens (including phenoxy) is 1. The summed E-state index contributed by atoms with van der Waals surface area (Å²) in [5.74, 6) is -1.27. The van der Waals surface area contributed by atoms with E-state index in [0.717, 1.165) is 0 Å². The van der Waals surface area contributed by atoms with Gasteiger partial charge < -0.3 is 15.8 Å². The number of nitrogens with two attached hydrogens (primary N) is 1. The maximum Gasteiger partial charge on any atom is 0.308 e. The molecule has 0 bridgehead atoms. The van der Waals surface area contributed by atoms with E-state index >= 15 is 0 Å². The fourth-order valence-electron chi connectivity index (χ4n) is 2.08. The molecule has 136 valence electrons. The second-order valence-electron chi connectivity index (χ2n) is 4.92. The summed E-state index contributed by atoms with van der Waals surface area (Å²) < 4.78 is 18.0. The number of hydrogen-bond acceptors (Lipinski definition) is 6. The second kappa shape index (κ2) is 10.1. The Balaban J connectivity index is 0.00000312. The summed E-state index contributed by atoms with van der Waals surface area (Å²) in [6, 6.07) is 4.95. The molecule has 1 heterocycles. The van der Waals surface area contributed by atoms with Gasteiger partial charge in [0.05, 0.1) is 19.1 Å². The molecule has 0 saturated carbocycles. The molecule has 3 N–H and O–H groups in total. The number of carbonyl (C=O) groups excluding carboxylic acids is 2. The Morgan fingerprint density at radius 1 is 1.36 bits per heavy atom. The number of amides is 1. The SMILES string of the molecule is CCOC(=O)CC(NC(=O)c1csc(CN)n1)c1ccc(F)cc1.Cl. The summed E-state index contributed by atoms with van der Waals surface area (Å²) in [4.78, 5) is 28.2. The van der Waals surface area contributed by atoms with Crippen molar-refractivity contribution in [2.75, 3.05) is 6.61 Å². The van der Waals surface area contributed by atoms with Gasteiger partial charge in [0.15, 0.2) is 0 Å². The third-order valence-electron chi connectivity index (χ3n) is 3.21. The van der Waals surface area contributed by atoms with E-state index in [1.807, 2.05) is 0 Å². The maximum atomic E-state index is 13.1. The molecule has 1 amide bonds. The molecule has 2 aromatic rings. The smallest absolute Gasteiger partial charge is 0.308 e. The van der Waals surface area contributed by atoms with Gasteiger partial charge in [0.25, 0.3) is 5.91 Å². The van der Waals surface area contributed by atoms with Crippen LogP contribution < -0.4 is 11.1 Å². The monoisotopic (exact) mass is 387 g/mol. The fourth-order valence-corrected chi connectivity index (χ4v) is 2.73. The summed E-state index contributed by atoms with van der Waals surface area (Å²) >= 11 is 1.29. The third kappa shape index (κ3) is 6.08. The Kier molecular flexibility index (Phi) is 8.47. The third-order valence-corrected chi connectivity index (χ3v) is 4.08. The Bertz CT molecular complexity index is 709. The molecule has 25 heavy (non-hydrogen) atoms. The molecule has 0 spiro atoms. The number of thiazole rings is 1. The van der Waals surface area contributed by atoms with Crippen molar-refractivity contribution in [1.29, 1.82) is 0 Å². The summed E-state index contributed by atoms with van der Waals surface area (Å²) in [6.07, 6.45) is -0.0565. The summed E-state index contributed by atoms with van der Waals surface area (Å²) in [6.45, 7) is 2.20. The first kappa shape index (κ1) is 21.0. The Labute approximate surface area is 155 Å². The topological polar surface area (TPSA) is 94.3 Å². The summed E-state index contributed by atoms with van der Waals surface area (Å²) in [5.41, 5.74) is 6.33. The molecule has 1 aromatic heterocycles. The van der Waals surface area contributed by atoms with Gasteiger partial charge in [0.2, 0.25) is 0 Å². The highest BCUT2D eigenvalue weighted by Crippen LogP contribution is 2.19. The van der Waals surface area contributed by atoms with Crippen LogP contribution in [0, 0.1) is 5.82 Å². The molecular weight excluding hydrogens is 369 g/mol. The molecule has 1 aromatic carbocycles. The molecule has 1 unspecified atom stereocenters. The normalized spacial score (nSPS) is 11.3. The van der Waals surface area contributed by atoms with Gasteiger partial charge in [-0.25, -0.2) is 9.37 Å². The van der Waals surface area contributed by atoms with Crippen molar-refractivity contribution in [3.8, 4) is 0 Å². The highest BCUT2D eigenvalue weighted by molar-refractivity contribution is 7.09. The molecule has 0 saturated heterocycles. The number of rotatable bonds is 7. The first-order valence-corrected chi connectivity index (χ1v) is 8.27. The average molecular weight is 388 g/mol. The minimum absolute atomic E-state index is 0. The molecule has 0 aliphatic carbocycles. The van der Waals surface area contributed by atoms with Crippen molar-refractivity contribution >= 4 is 35.6 Å². The number of aromatic nitrogens is 1. The molecule has 0 fully saturated rings. The predicted molar refractivity (Wildman–Crippen MR) is 95.1 cm³/mol. The lowest BCUT2D eigenvalue weighted by atomic mass is 10.0. The van der Waals surface area contributed by atoms with Crippen LogP contribution in [0.2, 0.25) is 0 Å². The van der Waals surface area contributed by atoms with E-state index < -0.39 is 23.7 Å².